The molecule has 2 fully saturated rings. The standard InChI is InChI=1S/C20H26BN3O5/c1-19(2)20(3,4)29-21(28-19)13-7-5-12(6-8-13)15-10-22-17(23-15)16-9-14(25)11-24(16)18(26)27/h5-8,10,14,16,25H,9,11H2,1-4H3,(H,22,23)(H,26,27). The summed E-state index contributed by atoms with van der Waals surface area (Å²) in [4.78, 5) is 20.2. The lowest BCUT2D eigenvalue weighted by Gasteiger charge is -2.32. The van der Waals surface area contributed by atoms with Crippen molar-refractivity contribution in [2.24, 2.45) is 0 Å². The molecule has 2 unspecified atom stereocenters. The molecule has 29 heavy (non-hydrogen) atoms. The van der Waals surface area contributed by atoms with Crippen molar-refractivity contribution in [3.8, 4) is 11.3 Å². The van der Waals surface area contributed by atoms with Gasteiger partial charge in [-0.15, -0.1) is 0 Å². The van der Waals surface area contributed by atoms with E-state index in [0.29, 0.717) is 12.2 Å². The Balaban J connectivity index is 1.52. The summed E-state index contributed by atoms with van der Waals surface area (Å²) in [5.74, 6) is 0.536. The van der Waals surface area contributed by atoms with Crippen LogP contribution in [0.15, 0.2) is 30.5 Å². The third kappa shape index (κ3) is 3.54. The molecule has 154 valence electrons. The third-order valence-corrected chi connectivity index (χ3v) is 6.18. The van der Waals surface area contributed by atoms with E-state index < -0.39 is 36.6 Å². The van der Waals surface area contributed by atoms with E-state index >= 15 is 0 Å². The Hall–Kier alpha value is -2.36. The van der Waals surface area contributed by atoms with E-state index in [0.717, 1.165) is 16.7 Å². The topological polar surface area (TPSA) is 108 Å². The number of likely N-dealkylation sites (tertiary alicyclic amines) is 1. The summed E-state index contributed by atoms with van der Waals surface area (Å²) in [7, 11) is -0.421. The molecule has 0 saturated carbocycles. The Morgan fingerprint density at radius 1 is 1.21 bits per heavy atom. The van der Waals surface area contributed by atoms with Crippen LogP contribution in [0.3, 0.4) is 0 Å². The summed E-state index contributed by atoms with van der Waals surface area (Å²) < 4.78 is 12.2. The number of nitrogens with zero attached hydrogens (tertiary/aromatic N) is 2. The molecule has 2 aliphatic rings. The summed E-state index contributed by atoms with van der Waals surface area (Å²) in [5.41, 5.74) is 1.85. The van der Waals surface area contributed by atoms with Crippen molar-refractivity contribution in [2.75, 3.05) is 6.54 Å². The molecular weight excluding hydrogens is 373 g/mol. The number of carbonyl (C=O) groups is 1. The number of hydrogen-bond acceptors (Lipinski definition) is 5. The Bertz CT molecular complexity index is 895. The van der Waals surface area contributed by atoms with E-state index in [9.17, 15) is 15.0 Å². The number of hydrogen-bond donors (Lipinski definition) is 3. The second-order valence-electron chi connectivity index (χ2n) is 8.73. The fourth-order valence-electron chi connectivity index (χ4n) is 3.74. The van der Waals surface area contributed by atoms with Crippen LogP contribution in [0.5, 0.6) is 0 Å². The molecule has 2 aromatic rings. The second-order valence-corrected chi connectivity index (χ2v) is 8.73. The largest absolute Gasteiger partial charge is 0.494 e. The highest BCUT2D eigenvalue weighted by Gasteiger charge is 2.51. The molecule has 2 aliphatic heterocycles. The zero-order valence-corrected chi connectivity index (χ0v) is 17.0. The molecular formula is C20H26BN3O5. The monoisotopic (exact) mass is 399 g/mol. The van der Waals surface area contributed by atoms with Gasteiger partial charge in [0, 0.05) is 6.42 Å². The summed E-state index contributed by atoms with van der Waals surface area (Å²) in [6.45, 7) is 8.18. The normalized spacial score (nSPS) is 25.6. The molecule has 0 radical (unpaired) electrons. The van der Waals surface area contributed by atoms with Gasteiger partial charge in [-0.2, -0.15) is 0 Å². The Morgan fingerprint density at radius 2 is 1.83 bits per heavy atom. The lowest BCUT2D eigenvalue weighted by molar-refractivity contribution is 0.00578. The number of imidazole rings is 1. The van der Waals surface area contributed by atoms with E-state index in [1.807, 2.05) is 52.0 Å². The number of H-pyrrole nitrogens is 1. The van der Waals surface area contributed by atoms with Gasteiger partial charge in [-0.3, -0.25) is 4.90 Å². The van der Waals surface area contributed by atoms with Gasteiger partial charge in [0.05, 0.1) is 41.8 Å². The summed E-state index contributed by atoms with van der Waals surface area (Å²) in [5, 5.41) is 19.2. The van der Waals surface area contributed by atoms with Crippen molar-refractivity contribution in [3.05, 3.63) is 36.3 Å². The quantitative estimate of drug-likeness (QED) is 0.683. The van der Waals surface area contributed by atoms with Gasteiger partial charge in [0.2, 0.25) is 0 Å². The SMILES string of the molecule is CC1(C)OB(c2ccc(-c3cnc(C4CC(O)CN4C(=O)O)[nH]3)cc2)OC1(C)C. The van der Waals surface area contributed by atoms with E-state index in [2.05, 4.69) is 9.97 Å². The van der Waals surface area contributed by atoms with Crippen LogP contribution >= 0.6 is 0 Å². The number of amides is 1. The molecule has 0 aliphatic carbocycles. The molecule has 3 heterocycles. The average Bonchev–Trinajstić information content (AvgIpc) is 3.32. The Kier molecular flexibility index (Phi) is 4.72. The molecule has 9 heteroatoms. The minimum atomic E-state index is -1.06. The van der Waals surface area contributed by atoms with Crippen molar-refractivity contribution < 1.29 is 24.3 Å². The number of benzene rings is 1. The Labute approximate surface area is 170 Å². The number of rotatable bonds is 3. The zero-order valence-electron chi connectivity index (χ0n) is 17.0. The van der Waals surface area contributed by atoms with Crippen LogP contribution in [0.1, 0.15) is 46.0 Å². The maximum atomic E-state index is 11.4. The molecule has 4 rings (SSSR count). The first-order valence-electron chi connectivity index (χ1n) is 9.76. The molecule has 2 atom stereocenters. The summed E-state index contributed by atoms with van der Waals surface area (Å²) in [6, 6.07) is 7.36. The number of carboxylic acid groups (broad SMARTS) is 1. The molecule has 0 spiro atoms. The highest BCUT2D eigenvalue weighted by Crippen LogP contribution is 2.36. The van der Waals surface area contributed by atoms with Crippen molar-refractivity contribution in [2.45, 2.75) is 57.5 Å². The van der Waals surface area contributed by atoms with E-state index in [4.69, 9.17) is 9.31 Å². The van der Waals surface area contributed by atoms with Crippen molar-refractivity contribution in [3.63, 3.8) is 0 Å². The number of nitrogens with one attached hydrogen (secondary N) is 1. The van der Waals surface area contributed by atoms with E-state index in [1.54, 1.807) is 6.20 Å². The van der Waals surface area contributed by atoms with E-state index in [-0.39, 0.29) is 6.54 Å². The minimum absolute atomic E-state index is 0.0960. The molecule has 1 aromatic heterocycles. The fraction of sp³-hybridized carbons (Fsp3) is 0.500. The lowest BCUT2D eigenvalue weighted by Crippen LogP contribution is -2.41. The van der Waals surface area contributed by atoms with Gasteiger partial charge < -0.3 is 24.5 Å². The molecule has 8 nitrogen and oxygen atoms in total. The molecule has 1 aromatic carbocycles. The number of aromatic nitrogens is 2. The van der Waals surface area contributed by atoms with Gasteiger partial charge in [-0.1, -0.05) is 24.3 Å². The maximum absolute atomic E-state index is 11.4. The lowest BCUT2D eigenvalue weighted by atomic mass is 9.79. The van der Waals surface area contributed by atoms with Crippen LogP contribution in [0, 0.1) is 0 Å². The van der Waals surface area contributed by atoms with Gasteiger partial charge in [0.1, 0.15) is 5.82 Å². The predicted molar refractivity (Wildman–Crippen MR) is 108 cm³/mol. The first-order chi connectivity index (χ1) is 13.6. The predicted octanol–water partition coefficient (Wildman–Crippen LogP) is 2.16. The van der Waals surface area contributed by atoms with Crippen LogP contribution < -0.4 is 5.46 Å². The first-order valence-corrected chi connectivity index (χ1v) is 9.76. The highest BCUT2D eigenvalue weighted by molar-refractivity contribution is 6.62. The van der Waals surface area contributed by atoms with Crippen molar-refractivity contribution in [1.29, 1.82) is 0 Å². The smallest absolute Gasteiger partial charge is 0.465 e. The van der Waals surface area contributed by atoms with E-state index in [1.165, 1.54) is 4.90 Å². The van der Waals surface area contributed by atoms with Crippen molar-refractivity contribution >= 4 is 18.7 Å². The van der Waals surface area contributed by atoms with Crippen LogP contribution in [0.25, 0.3) is 11.3 Å². The van der Waals surface area contributed by atoms with Gasteiger partial charge in [0.15, 0.2) is 0 Å². The zero-order chi connectivity index (χ0) is 21.0. The fourth-order valence-corrected chi connectivity index (χ4v) is 3.74. The molecule has 0 bridgehead atoms. The summed E-state index contributed by atoms with van der Waals surface area (Å²) >= 11 is 0. The molecule has 1 amide bonds. The average molecular weight is 399 g/mol. The first kappa shape index (κ1) is 19.9. The van der Waals surface area contributed by atoms with Gasteiger partial charge >= 0.3 is 13.2 Å². The number of β-amino-alcohol motifs (C(OH)–C–C–N with tert-alkyl or cyclic N) is 1. The van der Waals surface area contributed by atoms with Crippen LogP contribution in [-0.2, 0) is 9.31 Å². The highest BCUT2D eigenvalue weighted by atomic mass is 16.7. The number of aliphatic hydroxyl groups is 1. The molecule has 3 N–H and O–H groups in total. The Morgan fingerprint density at radius 3 is 2.41 bits per heavy atom. The van der Waals surface area contributed by atoms with Gasteiger partial charge in [-0.05, 0) is 38.7 Å². The number of aromatic amines is 1. The second kappa shape index (κ2) is 6.86. The molecule has 2 saturated heterocycles. The van der Waals surface area contributed by atoms with Crippen LogP contribution in [-0.4, -0.2) is 62.1 Å². The van der Waals surface area contributed by atoms with Gasteiger partial charge in [-0.25, -0.2) is 9.78 Å². The van der Waals surface area contributed by atoms with Crippen LogP contribution in [0.4, 0.5) is 4.79 Å². The number of aliphatic hydroxyl groups excluding tert-OH is 1. The summed E-state index contributed by atoms with van der Waals surface area (Å²) in [6.07, 6.45) is 0.282. The van der Waals surface area contributed by atoms with Gasteiger partial charge in [0.25, 0.3) is 0 Å². The minimum Gasteiger partial charge on any atom is -0.465 e. The third-order valence-electron chi connectivity index (χ3n) is 6.18. The van der Waals surface area contributed by atoms with Crippen LogP contribution in [0.2, 0.25) is 0 Å². The van der Waals surface area contributed by atoms with Crippen molar-refractivity contribution in [1.82, 2.24) is 14.9 Å². The maximum Gasteiger partial charge on any atom is 0.494 e.